The molecular formula is C17H13Br3F6N2O. The lowest BCUT2D eigenvalue weighted by atomic mass is 9.86. The van der Waals surface area contributed by atoms with E-state index in [9.17, 15) is 31.1 Å². The monoisotopic (exact) mass is 612 g/mol. The van der Waals surface area contributed by atoms with Gasteiger partial charge < -0.3 is 0 Å². The summed E-state index contributed by atoms with van der Waals surface area (Å²) in [6.45, 7) is 0. The Bertz CT molecular complexity index is 777. The van der Waals surface area contributed by atoms with Gasteiger partial charge >= 0.3 is 12.4 Å². The highest BCUT2D eigenvalue weighted by molar-refractivity contribution is 9.09. The minimum atomic E-state index is -4.77. The summed E-state index contributed by atoms with van der Waals surface area (Å²) in [6, 6.07) is 3.70. The lowest BCUT2D eigenvalue weighted by Crippen LogP contribution is -2.28. The van der Waals surface area contributed by atoms with Crippen LogP contribution in [-0.2, 0) is 17.1 Å². The largest absolute Gasteiger partial charge is 0.418 e. The number of hydrogen-bond donors (Lipinski definition) is 0. The third kappa shape index (κ3) is 6.00. The third-order valence-corrected chi connectivity index (χ3v) is 5.24. The standard InChI is InChI=1S/C17H12Br2F6N2O.BrH/c18-7-9(13-11(16(20,21)22)3-1-5-26-13)15(28)10(8-19)14-12(17(23,24)25)4-2-6-27-14;/h1-6,9-10H,7-8H2;1H. The Hall–Kier alpha value is -1.01. The molecule has 3 nitrogen and oxygen atoms in total. The summed E-state index contributed by atoms with van der Waals surface area (Å²) in [6.07, 6.45) is -7.34. The molecule has 2 rings (SSSR count). The number of nitrogens with zero attached hydrogens (tertiary/aromatic N) is 2. The fourth-order valence-corrected chi connectivity index (χ4v) is 3.93. The van der Waals surface area contributed by atoms with Crippen LogP contribution in [0.5, 0.6) is 0 Å². The van der Waals surface area contributed by atoms with Crippen molar-refractivity contribution >= 4 is 54.6 Å². The number of carbonyl (C=O) groups is 1. The molecule has 0 bridgehead atoms. The quantitative estimate of drug-likeness (QED) is 0.283. The Balaban J connectivity index is 0.00000420. The number of Topliss-reactive ketones (excluding diaryl/α,β-unsaturated/α-hetero) is 1. The van der Waals surface area contributed by atoms with Crippen molar-refractivity contribution in [1.29, 1.82) is 0 Å². The maximum absolute atomic E-state index is 13.3. The van der Waals surface area contributed by atoms with Crippen molar-refractivity contribution in [3.63, 3.8) is 0 Å². The molecule has 2 atom stereocenters. The van der Waals surface area contributed by atoms with Crippen LogP contribution >= 0.6 is 48.8 Å². The van der Waals surface area contributed by atoms with E-state index in [4.69, 9.17) is 0 Å². The molecule has 0 aromatic carbocycles. The first-order chi connectivity index (χ1) is 13.0. The average Bonchev–Trinajstić information content (AvgIpc) is 2.62. The van der Waals surface area contributed by atoms with Crippen molar-refractivity contribution in [2.75, 3.05) is 10.7 Å². The summed E-state index contributed by atoms with van der Waals surface area (Å²) in [5, 5.41) is -0.493. The van der Waals surface area contributed by atoms with Crippen LogP contribution in [0.3, 0.4) is 0 Å². The summed E-state index contributed by atoms with van der Waals surface area (Å²) in [5.41, 5.74) is -3.32. The molecule has 2 aromatic rings. The molecule has 0 saturated carbocycles. The first kappa shape index (κ1) is 26.0. The van der Waals surface area contributed by atoms with E-state index in [2.05, 4.69) is 41.8 Å². The summed E-state index contributed by atoms with van der Waals surface area (Å²) in [7, 11) is 0. The maximum Gasteiger partial charge on any atom is 0.418 e. The van der Waals surface area contributed by atoms with Gasteiger partial charge in [0.2, 0.25) is 0 Å². The highest BCUT2D eigenvalue weighted by Crippen LogP contribution is 2.39. The number of ketones is 1. The zero-order chi connectivity index (χ0) is 21.1. The van der Waals surface area contributed by atoms with Crippen LogP contribution in [0.25, 0.3) is 0 Å². The van der Waals surface area contributed by atoms with Gasteiger partial charge in [0.25, 0.3) is 0 Å². The molecule has 0 aliphatic heterocycles. The van der Waals surface area contributed by atoms with Crippen LogP contribution in [0, 0.1) is 0 Å². The molecule has 0 aliphatic rings. The number of alkyl halides is 8. The molecule has 2 heterocycles. The third-order valence-electron chi connectivity index (χ3n) is 3.94. The molecule has 0 saturated heterocycles. The van der Waals surface area contributed by atoms with E-state index >= 15 is 0 Å². The van der Waals surface area contributed by atoms with Gasteiger partial charge in [-0.25, -0.2) is 0 Å². The average molecular weight is 615 g/mol. The Morgan fingerprint density at radius 1 is 0.828 bits per heavy atom. The van der Waals surface area contributed by atoms with Gasteiger partial charge in [0.05, 0.1) is 34.4 Å². The summed E-state index contributed by atoms with van der Waals surface area (Å²) in [5.74, 6) is -3.69. The normalized spacial score (nSPS) is 14.1. The molecule has 12 heteroatoms. The molecule has 2 unspecified atom stereocenters. The van der Waals surface area contributed by atoms with Crippen LogP contribution in [0.2, 0.25) is 0 Å². The second-order valence-corrected chi connectivity index (χ2v) is 6.98. The molecule has 160 valence electrons. The summed E-state index contributed by atoms with van der Waals surface area (Å²) in [4.78, 5) is 20.4. The lowest BCUT2D eigenvalue weighted by molar-refractivity contribution is -0.139. The first-order valence-corrected chi connectivity index (χ1v) is 9.96. The fraction of sp³-hybridized carbons (Fsp3) is 0.353. The molecule has 29 heavy (non-hydrogen) atoms. The molecule has 2 aromatic heterocycles. The van der Waals surface area contributed by atoms with Crippen LogP contribution in [-0.4, -0.2) is 26.4 Å². The summed E-state index contributed by atoms with van der Waals surface area (Å²) >= 11 is 5.99. The van der Waals surface area contributed by atoms with Gasteiger partial charge in [-0.3, -0.25) is 14.8 Å². The van der Waals surface area contributed by atoms with E-state index in [1.165, 1.54) is 0 Å². The molecule has 0 spiro atoms. The maximum atomic E-state index is 13.3. The van der Waals surface area contributed by atoms with E-state index in [-0.39, 0.29) is 27.6 Å². The second kappa shape index (κ2) is 10.3. The number of pyridine rings is 2. The van der Waals surface area contributed by atoms with E-state index < -0.39 is 52.5 Å². The number of carbonyl (C=O) groups excluding carboxylic acids is 1. The minimum Gasteiger partial charge on any atom is -0.298 e. The number of aromatic nitrogens is 2. The predicted molar refractivity (Wildman–Crippen MR) is 107 cm³/mol. The van der Waals surface area contributed by atoms with Crippen molar-refractivity contribution in [2.24, 2.45) is 0 Å². The van der Waals surface area contributed by atoms with Gasteiger partial charge in [0.15, 0.2) is 5.78 Å². The Morgan fingerprint density at radius 2 is 1.17 bits per heavy atom. The molecule has 0 N–H and O–H groups in total. The van der Waals surface area contributed by atoms with E-state index in [1.54, 1.807) is 0 Å². The Morgan fingerprint density at radius 3 is 1.45 bits per heavy atom. The smallest absolute Gasteiger partial charge is 0.298 e. The minimum absolute atomic E-state index is 0. The van der Waals surface area contributed by atoms with Crippen molar-refractivity contribution < 1.29 is 31.1 Å². The summed E-state index contributed by atoms with van der Waals surface area (Å²) < 4.78 is 79.8. The topological polar surface area (TPSA) is 42.9 Å². The van der Waals surface area contributed by atoms with Gasteiger partial charge in [0.1, 0.15) is 0 Å². The second-order valence-electron chi connectivity index (χ2n) is 5.68. The van der Waals surface area contributed by atoms with Gasteiger partial charge in [-0.05, 0) is 24.3 Å². The highest BCUT2D eigenvalue weighted by atomic mass is 79.9. The van der Waals surface area contributed by atoms with Crippen molar-refractivity contribution in [3.8, 4) is 0 Å². The number of rotatable bonds is 6. The van der Waals surface area contributed by atoms with E-state index in [0.29, 0.717) is 0 Å². The van der Waals surface area contributed by atoms with Gasteiger partial charge in [-0.2, -0.15) is 26.3 Å². The van der Waals surface area contributed by atoms with Crippen molar-refractivity contribution in [1.82, 2.24) is 9.97 Å². The lowest BCUT2D eigenvalue weighted by Gasteiger charge is -2.23. The van der Waals surface area contributed by atoms with Crippen molar-refractivity contribution in [3.05, 3.63) is 59.2 Å². The number of hydrogen-bond acceptors (Lipinski definition) is 3. The number of halogens is 9. The van der Waals surface area contributed by atoms with Gasteiger partial charge in [-0.1, -0.05) is 31.9 Å². The zero-order valence-corrected chi connectivity index (χ0v) is 19.2. The zero-order valence-electron chi connectivity index (χ0n) is 14.3. The van der Waals surface area contributed by atoms with Crippen LogP contribution in [0.4, 0.5) is 26.3 Å². The molecule has 0 aliphatic carbocycles. The Kier molecular flexibility index (Phi) is 9.28. The molecule has 0 fully saturated rings. The highest BCUT2D eigenvalue weighted by Gasteiger charge is 2.42. The SMILES string of the molecule is Br.O=C(C(CBr)c1ncccc1C(F)(F)F)C(CBr)c1ncccc1C(F)(F)F. The van der Waals surface area contributed by atoms with Gasteiger partial charge in [0, 0.05) is 23.1 Å². The van der Waals surface area contributed by atoms with Crippen LogP contribution < -0.4 is 0 Å². The van der Waals surface area contributed by atoms with Crippen molar-refractivity contribution in [2.45, 2.75) is 24.2 Å². The van der Waals surface area contributed by atoms with E-state index in [0.717, 1.165) is 36.7 Å². The molecular weight excluding hydrogens is 602 g/mol. The molecule has 0 radical (unpaired) electrons. The Labute approximate surface area is 189 Å². The van der Waals surface area contributed by atoms with Gasteiger partial charge in [-0.15, -0.1) is 17.0 Å². The predicted octanol–water partition coefficient (Wildman–Crippen LogP) is 6.32. The first-order valence-electron chi connectivity index (χ1n) is 7.72. The molecule has 0 amide bonds. The van der Waals surface area contributed by atoms with E-state index in [1.807, 2.05) is 0 Å². The van der Waals surface area contributed by atoms with Crippen LogP contribution in [0.1, 0.15) is 34.4 Å². The fourth-order valence-electron chi connectivity index (χ4n) is 2.68. The van der Waals surface area contributed by atoms with Crippen LogP contribution in [0.15, 0.2) is 36.7 Å².